The maximum Gasteiger partial charge on any atom is 0.191 e. The molecule has 0 aliphatic carbocycles. The summed E-state index contributed by atoms with van der Waals surface area (Å²) in [5, 5.41) is 17.1. The molecule has 0 amide bonds. The number of aliphatic imine (C=N–C) groups is 1. The van der Waals surface area contributed by atoms with Crippen molar-refractivity contribution in [2.45, 2.75) is 45.4 Å². The van der Waals surface area contributed by atoms with E-state index in [-0.39, 0.29) is 36.6 Å². The highest BCUT2D eigenvalue weighted by molar-refractivity contribution is 14.0. The number of aryl methyl sites for hydroxylation is 1. The van der Waals surface area contributed by atoms with Crippen molar-refractivity contribution in [1.82, 2.24) is 15.5 Å². The first-order valence-electron chi connectivity index (χ1n) is 10.9. The lowest BCUT2D eigenvalue weighted by Crippen LogP contribution is -2.48. The Bertz CT molecular complexity index is 871. The molecule has 0 radical (unpaired) electrons. The van der Waals surface area contributed by atoms with Crippen molar-refractivity contribution in [2.75, 3.05) is 26.2 Å². The average molecular weight is 558 g/mol. The van der Waals surface area contributed by atoms with Crippen LogP contribution in [0.15, 0.2) is 47.5 Å². The Hall–Kier alpha value is -1.78. The van der Waals surface area contributed by atoms with Crippen molar-refractivity contribution in [3.05, 3.63) is 70.8 Å². The number of aliphatic hydroxyl groups is 1. The third-order valence-electron chi connectivity index (χ3n) is 5.55. The van der Waals surface area contributed by atoms with Crippen LogP contribution >= 0.6 is 24.0 Å². The molecular formula is C24H33F2IN4O. The molecular weight excluding hydrogens is 525 g/mol. The van der Waals surface area contributed by atoms with Gasteiger partial charge in [0.15, 0.2) is 17.6 Å². The fraction of sp³-hybridized carbons (Fsp3) is 0.458. The average Bonchev–Trinajstić information content (AvgIpc) is 2.76. The minimum atomic E-state index is -0.811. The Morgan fingerprint density at radius 3 is 2.44 bits per heavy atom. The van der Waals surface area contributed by atoms with Gasteiger partial charge in [0.1, 0.15) is 0 Å². The van der Waals surface area contributed by atoms with Gasteiger partial charge in [0.05, 0.1) is 12.6 Å². The van der Waals surface area contributed by atoms with Crippen LogP contribution in [-0.2, 0) is 6.54 Å². The first kappa shape index (κ1) is 26.5. The van der Waals surface area contributed by atoms with Gasteiger partial charge in [0.25, 0.3) is 0 Å². The summed E-state index contributed by atoms with van der Waals surface area (Å²) in [4.78, 5) is 6.81. The van der Waals surface area contributed by atoms with E-state index in [2.05, 4.69) is 20.5 Å². The predicted molar refractivity (Wildman–Crippen MR) is 135 cm³/mol. The number of guanidine groups is 1. The van der Waals surface area contributed by atoms with Crippen LogP contribution < -0.4 is 10.6 Å². The van der Waals surface area contributed by atoms with Gasteiger partial charge < -0.3 is 15.7 Å². The molecule has 8 heteroatoms. The van der Waals surface area contributed by atoms with Crippen molar-refractivity contribution < 1.29 is 13.9 Å². The number of nitrogens with zero attached hydrogens (tertiary/aromatic N) is 2. The Morgan fingerprint density at radius 2 is 1.81 bits per heavy atom. The van der Waals surface area contributed by atoms with E-state index >= 15 is 0 Å². The van der Waals surface area contributed by atoms with Crippen molar-refractivity contribution in [2.24, 2.45) is 4.99 Å². The SMILES string of the molecule is CCNC(=NCC(O)c1ccc(C)cc1)NC1CCN(Cc2ccc(F)c(F)c2)CC1.I. The van der Waals surface area contributed by atoms with Gasteiger partial charge >= 0.3 is 0 Å². The van der Waals surface area contributed by atoms with Gasteiger partial charge in [-0.2, -0.15) is 0 Å². The first-order valence-corrected chi connectivity index (χ1v) is 10.9. The number of halogens is 3. The molecule has 1 unspecified atom stereocenters. The molecule has 1 atom stereocenters. The number of rotatable bonds is 7. The van der Waals surface area contributed by atoms with Gasteiger partial charge in [-0.3, -0.25) is 9.89 Å². The number of hydrogen-bond acceptors (Lipinski definition) is 3. The number of hydrogen-bond donors (Lipinski definition) is 3. The molecule has 0 aromatic heterocycles. The number of benzene rings is 2. The summed E-state index contributed by atoms with van der Waals surface area (Å²) in [7, 11) is 0. The van der Waals surface area contributed by atoms with Crippen molar-refractivity contribution in [3.63, 3.8) is 0 Å². The summed E-state index contributed by atoms with van der Waals surface area (Å²) in [5.74, 6) is -0.907. The molecule has 1 heterocycles. The highest BCUT2D eigenvalue weighted by atomic mass is 127. The van der Waals surface area contributed by atoms with E-state index in [9.17, 15) is 13.9 Å². The number of likely N-dealkylation sites (tertiary alicyclic amines) is 1. The zero-order valence-electron chi connectivity index (χ0n) is 18.7. The summed E-state index contributed by atoms with van der Waals surface area (Å²) >= 11 is 0. The Balaban J connectivity index is 0.00000363. The molecule has 32 heavy (non-hydrogen) atoms. The van der Waals surface area contributed by atoms with Crippen LogP contribution in [0.4, 0.5) is 8.78 Å². The van der Waals surface area contributed by atoms with Gasteiger partial charge in [-0.05, 0) is 49.9 Å². The molecule has 1 aliphatic heterocycles. The smallest absolute Gasteiger partial charge is 0.191 e. The van der Waals surface area contributed by atoms with Crippen LogP contribution in [0.1, 0.15) is 42.6 Å². The third-order valence-corrected chi connectivity index (χ3v) is 5.55. The number of piperidine rings is 1. The van der Waals surface area contributed by atoms with Crippen LogP contribution in [0.5, 0.6) is 0 Å². The minimum absolute atomic E-state index is 0. The van der Waals surface area contributed by atoms with E-state index in [4.69, 9.17) is 0 Å². The van der Waals surface area contributed by atoms with Crippen LogP contribution in [-0.4, -0.2) is 48.2 Å². The van der Waals surface area contributed by atoms with Crippen LogP contribution in [0.2, 0.25) is 0 Å². The molecule has 0 saturated carbocycles. The summed E-state index contributed by atoms with van der Waals surface area (Å²) in [6.07, 6.45) is 1.21. The fourth-order valence-electron chi connectivity index (χ4n) is 3.72. The predicted octanol–water partition coefficient (Wildman–Crippen LogP) is 4.14. The lowest BCUT2D eigenvalue weighted by molar-refractivity contribution is 0.186. The second-order valence-electron chi connectivity index (χ2n) is 8.09. The van der Waals surface area contributed by atoms with Crippen LogP contribution in [0.25, 0.3) is 0 Å². The van der Waals surface area contributed by atoms with Gasteiger partial charge in [-0.25, -0.2) is 8.78 Å². The standard InChI is InChI=1S/C24H32F2N4O.HI/c1-3-27-24(28-15-23(31)19-7-4-17(2)5-8-19)29-20-10-12-30(13-11-20)16-18-6-9-21(25)22(26)14-18;/h4-9,14,20,23,31H,3,10-13,15-16H2,1-2H3,(H2,27,28,29);1H. The second kappa shape index (κ2) is 13.1. The molecule has 3 rings (SSSR count). The van der Waals surface area contributed by atoms with Crippen molar-refractivity contribution in [3.8, 4) is 0 Å². The fourth-order valence-corrected chi connectivity index (χ4v) is 3.72. The maximum atomic E-state index is 13.4. The van der Waals surface area contributed by atoms with Gasteiger partial charge in [0, 0.05) is 32.2 Å². The van der Waals surface area contributed by atoms with E-state index in [1.165, 1.54) is 12.1 Å². The molecule has 1 saturated heterocycles. The second-order valence-corrected chi connectivity index (χ2v) is 8.09. The topological polar surface area (TPSA) is 59.9 Å². The van der Waals surface area contributed by atoms with Crippen molar-refractivity contribution >= 4 is 29.9 Å². The molecule has 0 spiro atoms. The molecule has 176 valence electrons. The lowest BCUT2D eigenvalue weighted by atomic mass is 10.0. The van der Waals surface area contributed by atoms with Gasteiger partial charge in [-0.15, -0.1) is 24.0 Å². The van der Waals surface area contributed by atoms with E-state index < -0.39 is 17.7 Å². The van der Waals surface area contributed by atoms with Gasteiger partial charge in [0.2, 0.25) is 0 Å². The maximum absolute atomic E-state index is 13.4. The summed E-state index contributed by atoms with van der Waals surface area (Å²) in [6.45, 7) is 7.39. The molecule has 1 aliphatic rings. The van der Waals surface area contributed by atoms with Crippen LogP contribution in [0, 0.1) is 18.6 Å². The quantitative estimate of drug-likeness (QED) is 0.272. The Kier molecular flexibility index (Phi) is 10.8. The third kappa shape index (κ3) is 7.97. The molecule has 3 N–H and O–H groups in total. The van der Waals surface area contributed by atoms with E-state index in [0.717, 1.165) is 49.2 Å². The summed E-state index contributed by atoms with van der Waals surface area (Å²) in [6, 6.07) is 12.2. The van der Waals surface area contributed by atoms with E-state index in [1.807, 2.05) is 38.1 Å². The monoisotopic (exact) mass is 558 g/mol. The zero-order valence-corrected chi connectivity index (χ0v) is 21.0. The molecule has 5 nitrogen and oxygen atoms in total. The largest absolute Gasteiger partial charge is 0.386 e. The molecule has 2 aromatic carbocycles. The highest BCUT2D eigenvalue weighted by Gasteiger charge is 2.20. The number of nitrogens with one attached hydrogen (secondary N) is 2. The van der Waals surface area contributed by atoms with Crippen LogP contribution in [0.3, 0.4) is 0 Å². The first-order chi connectivity index (χ1) is 14.9. The van der Waals surface area contributed by atoms with Crippen molar-refractivity contribution in [1.29, 1.82) is 0 Å². The summed E-state index contributed by atoms with van der Waals surface area (Å²) in [5.41, 5.74) is 2.80. The normalized spacial score (nSPS) is 16.3. The number of aliphatic hydroxyl groups excluding tert-OH is 1. The van der Waals surface area contributed by atoms with E-state index in [1.54, 1.807) is 6.07 Å². The Morgan fingerprint density at radius 1 is 1.12 bits per heavy atom. The van der Waals surface area contributed by atoms with E-state index in [0.29, 0.717) is 12.5 Å². The molecule has 0 bridgehead atoms. The molecule has 2 aromatic rings. The lowest BCUT2D eigenvalue weighted by Gasteiger charge is -2.33. The highest BCUT2D eigenvalue weighted by Crippen LogP contribution is 2.17. The Labute approximate surface area is 206 Å². The molecule has 1 fully saturated rings. The minimum Gasteiger partial charge on any atom is -0.386 e. The summed E-state index contributed by atoms with van der Waals surface area (Å²) < 4.78 is 26.5. The zero-order chi connectivity index (χ0) is 22.2. The van der Waals surface area contributed by atoms with Gasteiger partial charge in [-0.1, -0.05) is 35.9 Å².